The second-order valence-corrected chi connectivity index (χ2v) is 8.40. The van der Waals surface area contributed by atoms with Gasteiger partial charge in [0.05, 0.1) is 21.2 Å². The van der Waals surface area contributed by atoms with Gasteiger partial charge in [-0.05, 0) is 60.7 Å². The topological polar surface area (TPSA) is 107 Å². The number of thioether (sulfide) groups is 1. The summed E-state index contributed by atoms with van der Waals surface area (Å²) in [5, 5.41) is 10.7. The molecule has 3 N–H and O–H groups in total. The summed E-state index contributed by atoms with van der Waals surface area (Å²) < 4.78 is 20.8. The molecular formula is C18H15N3O3S3. The molecule has 0 saturated carbocycles. The molecule has 1 atom stereocenters. The second-order valence-electron chi connectivity index (χ2n) is 5.52. The van der Waals surface area contributed by atoms with Crippen molar-refractivity contribution in [1.29, 1.82) is 5.26 Å². The van der Waals surface area contributed by atoms with Gasteiger partial charge in [-0.2, -0.15) is 5.26 Å². The lowest BCUT2D eigenvalue weighted by Crippen LogP contribution is -2.20. The molecule has 1 aliphatic heterocycles. The van der Waals surface area contributed by atoms with Gasteiger partial charge in [-0.25, -0.2) is 4.21 Å². The van der Waals surface area contributed by atoms with E-state index in [0.29, 0.717) is 11.4 Å². The van der Waals surface area contributed by atoms with Gasteiger partial charge in [0.25, 0.3) is 5.91 Å². The van der Waals surface area contributed by atoms with Crippen molar-refractivity contribution in [2.75, 3.05) is 11.4 Å². The molecule has 6 nitrogen and oxygen atoms in total. The maximum atomic E-state index is 11.5. The van der Waals surface area contributed by atoms with Crippen molar-refractivity contribution in [3.05, 3.63) is 46.9 Å². The molecule has 0 saturated heterocycles. The standard InChI is InChI=1S/C18H15N3O3S3/c1-2-21-13-5-3-11(8-17(18(20)22)25-10-19)7-16(13)26-15-6-4-12(27(23)24)9-14(15)21/h3-9H,2H2,1H3,(H2,20,22)(H,23,24)/b17-8-. The predicted octanol–water partition coefficient (Wildman–Crippen LogP) is 3.93. The van der Waals surface area contributed by atoms with Crippen LogP contribution in [0.3, 0.4) is 0 Å². The molecule has 0 radical (unpaired) electrons. The number of carbonyl (C=O) groups excluding carboxylic acids is 1. The minimum absolute atomic E-state index is 0.182. The molecule has 1 heterocycles. The maximum absolute atomic E-state index is 11.5. The highest BCUT2D eigenvalue weighted by atomic mass is 32.2. The van der Waals surface area contributed by atoms with Crippen LogP contribution in [-0.2, 0) is 15.9 Å². The molecule has 0 spiro atoms. The van der Waals surface area contributed by atoms with Crippen molar-refractivity contribution < 1.29 is 13.6 Å². The predicted molar refractivity (Wildman–Crippen MR) is 109 cm³/mol. The van der Waals surface area contributed by atoms with Gasteiger partial charge in [0, 0.05) is 16.3 Å². The van der Waals surface area contributed by atoms with Crippen molar-refractivity contribution in [3.8, 4) is 5.40 Å². The summed E-state index contributed by atoms with van der Waals surface area (Å²) in [5.74, 6) is -0.642. The molecule has 138 valence electrons. The number of hydrogen-bond donors (Lipinski definition) is 2. The molecule has 0 aliphatic carbocycles. The van der Waals surface area contributed by atoms with Crippen LogP contribution in [0.5, 0.6) is 0 Å². The minimum Gasteiger partial charge on any atom is -0.365 e. The first-order valence-electron chi connectivity index (χ1n) is 7.86. The summed E-state index contributed by atoms with van der Waals surface area (Å²) >= 11 is 0.248. The van der Waals surface area contributed by atoms with Crippen LogP contribution in [-0.4, -0.2) is 21.2 Å². The van der Waals surface area contributed by atoms with Crippen LogP contribution in [0.25, 0.3) is 6.08 Å². The molecule has 2 aromatic carbocycles. The van der Waals surface area contributed by atoms with Gasteiger partial charge in [-0.1, -0.05) is 17.8 Å². The summed E-state index contributed by atoms with van der Waals surface area (Å²) in [6.07, 6.45) is 1.60. The third-order valence-electron chi connectivity index (χ3n) is 3.93. The van der Waals surface area contributed by atoms with Crippen LogP contribution >= 0.6 is 23.5 Å². The Morgan fingerprint density at radius 2 is 2.11 bits per heavy atom. The molecule has 0 fully saturated rings. The molecule has 9 heteroatoms. The zero-order valence-electron chi connectivity index (χ0n) is 14.2. The van der Waals surface area contributed by atoms with Crippen LogP contribution in [0, 0.1) is 10.7 Å². The van der Waals surface area contributed by atoms with E-state index in [0.717, 1.165) is 38.5 Å². The summed E-state index contributed by atoms with van der Waals surface area (Å²) in [6, 6.07) is 10.9. The Labute approximate surface area is 167 Å². The van der Waals surface area contributed by atoms with Gasteiger partial charge in [-0.15, -0.1) is 0 Å². The van der Waals surface area contributed by atoms with E-state index >= 15 is 0 Å². The summed E-state index contributed by atoms with van der Waals surface area (Å²) in [7, 11) is 0. The number of nitriles is 1. The molecule has 0 bridgehead atoms. The Bertz CT molecular complexity index is 1010. The summed E-state index contributed by atoms with van der Waals surface area (Å²) in [5.41, 5.74) is 7.94. The van der Waals surface area contributed by atoms with E-state index in [9.17, 15) is 13.6 Å². The Morgan fingerprint density at radius 1 is 1.33 bits per heavy atom. The fourth-order valence-electron chi connectivity index (χ4n) is 2.77. The highest BCUT2D eigenvalue weighted by molar-refractivity contribution is 8.08. The molecule has 3 rings (SSSR count). The Morgan fingerprint density at radius 3 is 2.74 bits per heavy atom. The van der Waals surface area contributed by atoms with Gasteiger partial charge >= 0.3 is 0 Å². The quantitative estimate of drug-likeness (QED) is 0.431. The smallest absolute Gasteiger partial charge is 0.256 e. The van der Waals surface area contributed by atoms with Crippen LogP contribution in [0.2, 0.25) is 0 Å². The fraction of sp³-hybridized carbons (Fsp3) is 0.111. The van der Waals surface area contributed by atoms with E-state index in [1.54, 1.807) is 30.0 Å². The Hall–Kier alpha value is -2.25. The first-order valence-corrected chi connectivity index (χ1v) is 10.6. The van der Waals surface area contributed by atoms with Crippen molar-refractivity contribution >= 4 is 58.0 Å². The van der Waals surface area contributed by atoms with Crippen LogP contribution < -0.4 is 10.6 Å². The Balaban J connectivity index is 2.04. The zero-order valence-corrected chi connectivity index (χ0v) is 16.7. The molecule has 1 aliphatic rings. The lowest BCUT2D eigenvalue weighted by Gasteiger charge is -2.32. The lowest BCUT2D eigenvalue weighted by molar-refractivity contribution is -0.113. The highest BCUT2D eigenvalue weighted by Gasteiger charge is 2.23. The number of primary amides is 1. The number of nitrogens with two attached hydrogens (primary N) is 1. The minimum atomic E-state index is -2.03. The number of thiocyanates is 1. The van der Waals surface area contributed by atoms with E-state index in [-0.39, 0.29) is 4.91 Å². The largest absolute Gasteiger partial charge is 0.365 e. The van der Waals surface area contributed by atoms with Crippen LogP contribution in [0.4, 0.5) is 11.4 Å². The zero-order chi connectivity index (χ0) is 19.6. The molecule has 27 heavy (non-hydrogen) atoms. The fourth-order valence-corrected chi connectivity index (χ4v) is 4.68. The number of fused-ring (bicyclic) bond motifs is 2. The number of hydrogen-bond acceptors (Lipinski definition) is 6. The number of benzene rings is 2. The maximum Gasteiger partial charge on any atom is 0.256 e. The van der Waals surface area contributed by atoms with E-state index in [1.165, 1.54) is 0 Å². The molecule has 1 amide bonds. The number of carbonyl (C=O) groups is 1. The third kappa shape index (κ3) is 4.04. The van der Waals surface area contributed by atoms with Crippen molar-refractivity contribution in [2.24, 2.45) is 5.73 Å². The van der Waals surface area contributed by atoms with Crippen molar-refractivity contribution in [1.82, 2.24) is 0 Å². The van der Waals surface area contributed by atoms with Crippen LogP contribution in [0.15, 0.2) is 56.0 Å². The van der Waals surface area contributed by atoms with Gasteiger partial charge in [-0.3, -0.25) is 4.79 Å². The second kappa shape index (κ2) is 8.19. The monoisotopic (exact) mass is 417 g/mol. The van der Waals surface area contributed by atoms with E-state index in [4.69, 9.17) is 11.0 Å². The van der Waals surface area contributed by atoms with Gasteiger partial charge in [0.2, 0.25) is 0 Å². The number of nitrogens with zero attached hydrogens (tertiary/aromatic N) is 2. The number of amides is 1. The van der Waals surface area contributed by atoms with E-state index in [2.05, 4.69) is 4.90 Å². The first-order chi connectivity index (χ1) is 12.9. The normalized spacial score (nSPS) is 14.1. The van der Waals surface area contributed by atoms with E-state index < -0.39 is 17.0 Å². The molecule has 1 unspecified atom stereocenters. The lowest BCUT2D eigenvalue weighted by atomic mass is 10.1. The van der Waals surface area contributed by atoms with Gasteiger partial charge < -0.3 is 15.2 Å². The number of anilines is 2. The van der Waals surface area contributed by atoms with Crippen molar-refractivity contribution in [2.45, 2.75) is 21.6 Å². The van der Waals surface area contributed by atoms with E-state index in [1.807, 2.05) is 36.6 Å². The molecule has 0 aromatic heterocycles. The SMILES string of the molecule is CCN1c2ccc(/C=C(\SC#N)C(N)=O)cc2Sc2ccc(S(=O)O)cc21. The summed E-state index contributed by atoms with van der Waals surface area (Å²) in [6.45, 7) is 2.70. The van der Waals surface area contributed by atoms with Gasteiger partial charge in [0.1, 0.15) is 5.40 Å². The van der Waals surface area contributed by atoms with Crippen LogP contribution in [0.1, 0.15) is 12.5 Å². The molecule has 2 aromatic rings. The van der Waals surface area contributed by atoms with Crippen molar-refractivity contribution in [3.63, 3.8) is 0 Å². The first kappa shape index (κ1) is 19.5. The third-order valence-corrected chi connectivity index (χ3v) is 6.33. The van der Waals surface area contributed by atoms with Gasteiger partial charge in [0.15, 0.2) is 11.1 Å². The molecular weight excluding hydrogens is 402 g/mol. The average Bonchev–Trinajstić information content (AvgIpc) is 2.65. The average molecular weight is 418 g/mol. The number of rotatable bonds is 5. The highest BCUT2D eigenvalue weighted by Crippen LogP contribution is 2.48. The summed E-state index contributed by atoms with van der Waals surface area (Å²) in [4.78, 5) is 16.0. The Kier molecular flexibility index (Phi) is 5.92.